The summed E-state index contributed by atoms with van der Waals surface area (Å²) in [5.41, 5.74) is 0. The third kappa shape index (κ3) is 1.35. The van der Waals surface area contributed by atoms with Crippen LogP contribution in [0.15, 0.2) is 0 Å². The predicted molar refractivity (Wildman–Crippen MR) is 36.3 cm³/mol. The molecule has 0 amide bonds. The van der Waals surface area contributed by atoms with Crippen LogP contribution in [-0.4, -0.2) is 27.4 Å². The third-order valence-corrected chi connectivity index (χ3v) is 28.4. The Morgan fingerprint density at radius 2 is 0.320 bits per heavy atom. The average Bonchev–Trinajstić information content (AvgIpc) is 2.00. The summed E-state index contributed by atoms with van der Waals surface area (Å²) in [5, 5.41) is 0. The van der Waals surface area contributed by atoms with Crippen LogP contribution in [0.2, 0.25) is 0 Å². The van der Waals surface area contributed by atoms with E-state index in [1.165, 1.54) is 0 Å². The maximum atomic E-state index is 12.7. The fraction of sp³-hybridized carbons (Fsp3) is 1.00. The molecule has 0 fully saturated rings. The van der Waals surface area contributed by atoms with Crippen molar-refractivity contribution in [1.29, 1.82) is 0 Å². The van der Waals surface area contributed by atoms with Crippen LogP contribution in [0.3, 0.4) is 0 Å². The molecule has 0 aliphatic rings. The number of hydrogen-bond acceptors (Lipinski definition) is 0. The van der Waals surface area contributed by atoms with Gasteiger partial charge in [0.1, 0.15) is 0 Å². The Balaban J connectivity index is 9.10. The number of rotatable bonds is 0. The molecule has 0 atom stereocenters. The molecular weight excluding hydrogens is 598 g/mol. The Bertz CT molecular complexity index is 395. The molecular formula is C6F18W. The summed E-state index contributed by atoms with van der Waals surface area (Å²) >= 11 is -16.6. The van der Waals surface area contributed by atoms with Crippen LogP contribution >= 0.6 is 0 Å². The second kappa shape index (κ2) is 4.63. The van der Waals surface area contributed by atoms with Gasteiger partial charge in [-0.3, -0.25) is 0 Å². The van der Waals surface area contributed by atoms with Crippen molar-refractivity contribution >= 4 is 0 Å². The van der Waals surface area contributed by atoms with Crippen LogP contribution < -0.4 is 0 Å². The van der Waals surface area contributed by atoms with Gasteiger partial charge in [-0.1, -0.05) is 0 Å². The van der Waals surface area contributed by atoms with Gasteiger partial charge in [0.15, 0.2) is 0 Å². The van der Waals surface area contributed by atoms with Gasteiger partial charge < -0.3 is 0 Å². The zero-order chi connectivity index (χ0) is 21.4. The van der Waals surface area contributed by atoms with Crippen LogP contribution in [0, 0.1) is 0 Å². The maximum absolute atomic E-state index is 16.6. The zero-order valence-corrected chi connectivity index (χ0v) is 13.1. The molecule has 0 aliphatic heterocycles. The molecule has 0 unspecified atom stereocenters. The van der Waals surface area contributed by atoms with Crippen molar-refractivity contribution in [3.05, 3.63) is 0 Å². The fourth-order valence-corrected chi connectivity index (χ4v) is 16.1. The van der Waals surface area contributed by atoms with E-state index in [-0.39, 0.29) is 0 Å². The summed E-state index contributed by atoms with van der Waals surface area (Å²) in [6.45, 7) is 0. The molecule has 156 valence electrons. The van der Waals surface area contributed by atoms with Gasteiger partial charge in [0.25, 0.3) is 0 Å². The first-order valence-electron chi connectivity index (χ1n) is 4.63. The minimum absolute atomic E-state index is 9.90. The molecule has 19 heteroatoms. The Labute approximate surface area is 121 Å². The van der Waals surface area contributed by atoms with Crippen molar-refractivity contribution in [2.45, 2.75) is 27.4 Å². The van der Waals surface area contributed by atoms with Crippen LogP contribution in [0.4, 0.5) is 79.0 Å². The number of alkyl halides is 18. The molecule has 0 bridgehead atoms. The van der Waals surface area contributed by atoms with Crippen LogP contribution in [-0.2, 0) is 13.6 Å². The Morgan fingerprint density at radius 1 is 0.240 bits per heavy atom. The van der Waals surface area contributed by atoms with Crippen molar-refractivity contribution in [1.82, 2.24) is 0 Å². The molecule has 0 aliphatic carbocycles. The Morgan fingerprint density at radius 3 is 0.320 bits per heavy atom. The van der Waals surface area contributed by atoms with E-state index in [1.54, 1.807) is 0 Å². The van der Waals surface area contributed by atoms with Gasteiger partial charge in [-0.15, -0.1) is 0 Å². The van der Waals surface area contributed by atoms with E-state index in [1.807, 2.05) is 0 Å². The minimum atomic E-state index is -16.6. The Hall–Kier alpha value is -0.572. The molecule has 0 N–H and O–H groups in total. The third-order valence-electron chi connectivity index (χ3n) is 3.47. The Kier molecular flexibility index (Phi) is 4.53. The standard InChI is InChI=1S/6CF3.W/c6*2-1(3)4;. The molecule has 0 aromatic rings. The summed E-state index contributed by atoms with van der Waals surface area (Å²) in [6.07, 6.45) is 0. The summed E-state index contributed by atoms with van der Waals surface area (Å²) < 4.78 is 168. The second-order valence-corrected chi connectivity index (χ2v) is 25.2. The second-order valence-electron chi connectivity index (χ2n) is 4.21. The molecule has 0 saturated carbocycles. The van der Waals surface area contributed by atoms with E-state index in [4.69, 9.17) is 0 Å². The van der Waals surface area contributed by atoms with Gasteiger partial charge in [-0.05, 0) is 0 Å². The molecule has 0 saturated heterocycles. The summed E-state index contributed by atoms with van der Waals surface area (Å²) in [6, 6.07) is 0. The van der Waals surface area contributed by atoms with E-state index in [2.05, 4.69) is 0 Å². The van der Waals surface area contributed by atoms with Crippen molar-refractivity contribution in [3.8, 4) is 0 Å². The normalized spacial score (nSPS) is 19.4. The predicted octanol–water partition coefficient (Wildman–Crippen LogP) is 6.33. The van der Waals surface area contributed by atoms with Gasteiger partial charge in [0.05, 0.1) is 0 Å². The average molecular weight is 598 g/mol. The SMILES string of the molecule is F[C](F)(F)[W]([C](F)(F)F)([C](F)(F)F)([C](F)(F)F)([C](F)(F)F)[C](F)(F)F. The van der Waals surface area contributed by atoms with Gasteiger partial charge in [0, 0.05) is 0 Å². The van der Waals surface area contributed by atoms with E-state index in [9.17, 15) is 79.0 Å². The molecule has 0 spiro atoms. The van der Waals surface area contributed by atoms with Crippen LogP contribution in [0.25, 0.3) is 0 Å². The van der Waals surface area contributed by atoms with E-state index < -0.39 is 41.0 Å². The van der Waals surface area contributed by atoms with Gasteiger partial charge >= 0.3 is 120 Å². The topological polar surface area (TPSA) is 0 Å². The van der Waals surface area contributed by atoms with Crippen LogP contribution in [0.5, 0.6) is 0 Å². The summed E-state index contributed by atoms with van der Waals surface area (Å²) in [4.78, 5) is 0. The van der Waals surface area contributed by atoms with Crippen molar-refractivity contribution in [2.24, 2.45) is 0 Å². The molecule has 0 aromatic carbocycles. The summed E-state index contributed by atoms with van der Waals surface area (Å²) in [7, 11) is 0. The first-order chi connectivity index (χ1) is 10.2. The molecule has 0 radical (unpaired) electrons. The van der Waals surface area contributed by atoms with Gasteiger partial charge in [-0.25, -0.2) is 0 Å². The van der Waals surface area contributed by atoms with Crippen molar-refractivity contribution in [2.75, 3.05) is 0 Å². The van der Waals surface area contributed by atoms with Crippen molar-refractivity contribution < 1.29 is 92.6 Å². The molecule has 0 rings (SSSR count). The zero-order valence-electron chi connectivity index (χ0n) is 10.2. The van der Waals surface area contributed by atoms with Crippen molar-refractivity contribution in [3.63, 3.8) is 0 Å². The first-order valence-corrected chi connectivity index (χ1v) is 13.4. The fourth-order valence-electron chi connectivity index (χ4n) is 1.97. The molecule has 0 heterocycles. The molecule has 0 aromatic heterocycles. The van der Waals surface area contributed by atoms with E-state index in [0.717, 1.165) is 0 Å². The van der Waals surface area contributed by atoms with E-state index in [0.29, 0.717) is 0 Å². The van der Waals surface area contributed by atoms with E-state index >= 15 is 0 Å². The molecule has 0 nitrogen and oxygen atoms in total. The first kappa shape index (κ1) is 24.4. The monoisotopic (exact) mass is 598 g/mol. The van der Waals surface area contributed by atoms with Gasteiger partial charge in [-0.2, -0.15) is 0 Å². The summed E-state index contributed by atoms with van der Waals surface area (Å²) in [5.74, 6) is 0. The van der Waals surface area contributed by atoms with Crippen LogP contribution in [0.1, 0.15) is 0 Å². The number of halogens is 18. The van der Waals surface area contributed by atoms with Gasteiger partial charge in [0.2, 0.25) is 0 Å². The number of hydrogen-bond donors (Lipinski definition) is 0. The quantitative estimate of drug-likeness (QED) is 0.287. The molecule has 25 heavy (non-hydrogen) atoms.